The summed E-state index contributed by atoms with van der Waals surface area (Å²) in [7, 11) is 0. The van der Waals surface area contributed by atoms with E-state index in [4.69, 9.17) is 0 Å². The molecule has 0 spiro atoms. The molecule has 2 aromatic rings. The van der Waals surface area contributed by atoms with Crippen LogP contribution in [0.15, 0.2) is 72.8 Å². The van der Waals surface area contributed by atoms with E-state index in [-0.39, 0.29) is 11.7 Å². The zero-order chi connectivity index (χ0) is 15.6. The molecule has 0 aromatic heterocycles. The summed E-state index contributed by atoms with van der Waals surface area (Å²) in [6.45, 7) is 1.68. The molecule has 0 saturated heterocycles. The zero-order valence-corrected chi connectivity index (χ0v) is 13.0. The van der Waals surface area contributed by atoms with Crippen molar-refractivity contribution in [3.05, 3.63) is 83.9 Å². The van der Waals surface area contributed by atoms with Crippen molar-refractivity contribution in [1.82, 2.24) is 0 Å². The molecule has 0 amide bonds. The number of allylic oxidation sites excluding steroid dienone is 2. The van der Waals surface area contributed by atoms with Gasteiger partial charge in [-0.05, 0) is 30.9 Å². The van der Waals surface area contributed by atoms with Crippen LogP contribution in [-0.2, 0) is 4.79 Å². The molecule has 112 valence electrons. The summed E-state index contributed by atoms with van der Waals surface area (Å²) in [5, 5.41) is 0. The molecule has 0 atom stereocenters. The Bertz CT molecular complexity index is 572. The third-order valence-corrected chi connectivity index (χ3v) is 3.64. The van der Waals surface area contributed by atoms with E-state index >= 15 is 0 Å². The number of carbonyl (C=O) groups excluding carboxylic acids is 1. The quantitative estimate of drug-likeness (QED) is 0.667. The first-order valence-corrected chi connectivity index (χ1v) is 7.69. The van der Waals surface area contributed by atoms with Crippen LogP contribution in [0.4, 0.5) is 0 Å². The van der Waals surface area contributed by atoms with Crippen molar-refractivity contribution in [3.63, 3.8) is 0 Å². The maximum absolute atomic E-state index is 11.8. The second kappa shape index (κ2) is 8.78. The molecule has 2 rings (SSSR count). The van der Waals surface area contributed by atoms with Crippen LogP contribution in [-0.4, -0.2) is 5.78 Å². The lowest BCUT2D eigenvalue weighted by atomic mass is 9.96. The molecule has 0 fully saturated rings. The Balaban J connectivity index is 1.89. The summed E-state index contributed by atoms with van der Waals surface area (Å²) in [5.41, 5.74) is 2.34. The molecule has 2 aromatic carbocycles. The van der Waals surface area contributed by atoms with Crippen molar-refractivity contribution < 1.29 is 4.79 Å². The number of rotatable bonds is 7. The molecule has 0 heterocycles. The predicted molar refractivity (Wildman–Crippen MR) is 94.4 cm³/mol. The zero-order valence-electron chi connectivity index (χ0n) is 13.0. The molecule has 1 heteroatoms. The van der Waals surface area contributed by atoms with Crippen LogP contribution in [0, 0.1) is 5.92 Å². The van der Waals surface area contributed by atoms with Crippen LogP contribution >= 0.6 is 0 Å². The van der Waals surface area contributed by atoms with Crippen molar-refractivity contribution in [1.29, 1.82) is 0 Å². The van der Waals surface area contributed by atoms with Crippen LogP contribution in [0.25, 0.3) is 12.2 Å². The molecule has 0 saturated carbocycles. The fraction of sp³-hybridized carbons (Fsp3) is 0.190. The summed E-state index contributed by atoms with van der Waals surface area (Å²) in [6.07, 6.45) is 9.91. The lowest BCUT2D eigenvalue weighted by Crippen LogP contribution is -2.08. The third-order valence-electron chi connectivity index (χ3n) is 3.64. The summed E-state index contributed by atoms with van der Waals surface area (Å²) >= 11 is 0. The van der Waals surface area contributed by atoms with Crippen molar-refractivity contribution in [2.75, 3.05) is 0 Å². The maximum Gasteiger partial charge on any atom is 0.133 e. The second-order valence-corrected chi connectivity index (χ2v) is 5.41. The first kappa shape index (κ1) is 16.0. The molecule has 22 heavy (non-hydrogen) atoms. The van der Waals surface area contributed by atoms with Gasteiger partial charge in [0.1, 0.15) is 5.78 Å². The second-order valence-electron chi connectivity index (χ2n) is 5.41. The summed E-state index contributed by atoms with van der Waals surface area (Å²) < 4.78 is 0. The van der Waals surface area contributed by atoms with Gasteiger partial charge in [0.15, 0.2) is 0 Å². The maximum atomic E-state index is 11.8. The van der Waals surface area contributed by atoms with Gasteiger partial charge in [0, 0.05) is 5.92 Å². The van der Waals surface area contributed by atoms with Gasteiger partial charge in [-0.15, -0.1) is 0 Å². The van der Waals surface area contributed by atoms with Crippen LogP contribution in [0.5, 0.6) is 0 Å². The number of benzene rings is 2. The van der Waals surface area contributed by atoms with Crippen LogP contribution in [0.3, 0.4) is 0 Å². The highest BCUT2D eigenvalue weighted by Gasteiger charge is 2.10. The van der Waals surface area contributed by atoms with Crippen molar-refractivity contribution >= 4 is 17.9 Å². The van der Waals surface area contributed by atoms with Gasteiger partial charge >= 0.3 is 0 Å². The first-order valence-electron chi connectivity index (χ1n) is 7.69. The van der Waals surface area contributed by atoms with E-state index in [1.54, 1.807) is 6.92 Å². The monoisotopic (exact) mass is 290 g/mol. The van der Waals surface area contributed by atoms with Gasteiger partial charge in [0.05, 0.1) is 0 Å². The Morgan fingerprint density at radius 1 is 0.818 bits per heavy atom. The lowest BCUT2D eigenvalue weighted by Gasteiger charge is -2.08. The SMILES string of the molecule is CC(=O)C(CC=Cc1ccccc1)CC=Cc1ccccc1. The van der Waals surface area contributed by atoms with E-state index in [0.29, 0.717) is 0 Å². The molecule has 1 nitrogen and oxygen atoms in total. The Morgan fingerprint density at radius 3 is 1.59 bits per heavy atom. The fourth-order valence-electron chi connectivity index (χ4n) is 2.29. The molecule has 0 bridgehead atoms. The van der Waals surface area contributed by atoms with E-state index in [9.17, 15) is 4.79 Å². The van der Waals surface area contributed by atoms with Crippen LogP contribution < -0.4 is 0 Å². The number of hydrogen-bond acceptors (Lipinski definition) is 1. The van der Waals surface area contributed by atoms with Gasteiger partial charge in [-0.1, -0.05) is 85.0 Å². The van der Waals surface area contributed by atoms with Crippen molar-refractivity contribution in [2.24, 2.45) is 5.92 Å². The fourth-order valence-corrected chi connectivity index (χ4v) is 2.29. The topological polar surface area (TPSA) is 17.1 Å². The normalized spacial score (nSPS) is 12.8. The number of Topliss-reactive ketones (excluding diaryl/α,β-unsaturated/α-hetero) is 1. The molecular weight excluding hydrogens is 268 g/mol. The number of ketones is 1. The summed E-state index contributed by atoms with van der Waals surface area (Å²) in [5.74, 6) is 0.301. The minimum Gasteiger partial charge on any atom is -0.300 e. The molecule has 0 radical (unpaired) electrons. The average molecular weight is 290 g/mol. The summed E-state index contributed by atoms with van der Waals surface area (Å²) in [6, 6.07) is 20.3. The van der Waals surface area contributed by atoms with Gasteiger partial charge in [-0.2, -0.15) is 0 Å². The van der Waals surface area contributed by atoms with Gasteiger partial charge < -0.3 is 0 Å². The van der Waals surface area contributed by atoms with Gasteiger partial charge in [-0.3, -0.25) is 4.79 Å². The lowest BCUT2D eigenvalue weighted by molar-refractivity contribution is -0.120. The number of carbonyl (C=O) groups is 1. The minimum atomic E-state index is 0.0555. The predicted octanol–water partition coefficient (Wildman–Crippen LogP) is 5.40. The van der Waals surface area contributed by atoms with Crippen LogP contribution in [0.2, 0.25) is 0 Å². The Hall–Kier alpha value is -2.41. The molecule has 0 aliphatic heterocycles. The highest BCUT2D eigenvalue weighted by molar-refractivity contribution is 5.79. The minimum absolute atomic E-state index is 0.0555. The third kappa shape index (κ3) is 5.53. The molecule has 0 aliphatic carbocycles. The molecule has 0 aliphatic rings. The van der Waals surface area contributed by atoms with E-state index < -0.39 is 0 Å². The largest absolute Gasteiger partial charge is 0.300 e. The Kier molecular flexibility index (Phi) is 6.38. The highest BCUT2D eigenvalue weighted by atomic mass is 16.1. The summed E-state index contributed by atoms with van der Waals surface area (Å²) in [4.78, 5) is 11.8. The van der Waals surface area contributed by atoms with Gasteiger partial charge in [-0.25, -0.2) is 0 Å². The van der Waals surface area contributed by atoms with Crippen molar-refractivity contribution in [3.8, 4) is 0 Å². The van der Waals surface area contributed by atoms with Crippen molar-refractivity contribution in [2.45, 2.75) is 19.8 Å². The van der Waals surface area contributed by atoms with Gasteiger partial charge in [0.2, 0.25) is 0 Å². The number of hydrogen-bond donors (Lipinski definition) is 0. The first-order chi connectivity index (χ1) is 10.8. The van der Waals surface area contributed by atoms with E-state index in [1.807, 2.05) is 36.4 Å². The highest BCUT2D eigenvalue weighted by Crippen LogP contribution is 2.14. The Labute approximate surface area is 133 Å². The van der Waals surface area contributed by atoms with E-state index in [0.717, 1.165) is 12.8 Å². The molecule has 0 unspecified atom stereocenters. The standard InChI is InChI=1S/C21H22O/c1-18(22)21(16-8-14-19-10-4-2-5-11-19)17-9-15-20-12-6-3-7-13-20/h2-15,21H,16-17H2,1H3. The van der Waals surface area contributed by atoms with Gasteiger partial charge in [0.25, 0.3) is 0 Å². The average Bonchev–Trinajstić information content (AvgIpc) is 2.55. The van der Waals surface area contributed by atoms with E-state index in [1.165, 1.54) is 11.1 Å². The van der Waals surface area contributed by atoms with E-state index in [2.05, 4.69) is 48.6 Å². The van der Waals surface area contributed by atoms with Crippen LogP contribution in [0.1, 0.15) is 30.9 Å². The smallest absolute Gasteiger partial charge is 0.133 e. The molecule has 0 N–H and O–H groups in total. The molecular formula is C21H22O. The Morgan fingerprint density at radius 2 is 1.23 bits per heavy atom.